The maximum Gasteiger partial charge on any atom is 0.124 e. The number of rotatable bonds is 6. The van der Waals surface area contributed by atoms with E-state index in [1.165, 1.54) is 0 Å². The molecule has 1 aromatic heterocycles. The Hall–Kier alpha value is -1.85. The van der Waals surface area contributed by atoms with Gasteiger partial charge in [0.25, 0.3) is 0 Å². The number of para-hydroxylation sites is 1. The third-order valence-electron chi connectivity index (χ3n) is 3.23. The first-order valence-electron chi connectivity index (χ1n) is 6.93. The van der Waals surface area contributed by atoms with Gasteiger partial charge in [0.1, 0.15) is 5.75 Å². The average Bonchev–Trinajstić information content (AvgIpc) is 2.83. The van der Waals surface area contributed by atoms with Crippen LogP contribution in [0.2, 0.25) is 0 Å². The van der Waals surface area contributed by atoms with Crippen LogP contribution < -0.4 is 16.0 Å². The van der Waals surface area contributed by atoms with Crippen molar-refractivity contribution in [3.05, 3.63) is 47.3 Å². The lowest BCUT2D eigenvalue weighted by Gasteiger charge is -2.20. The van der Waals surface area contributed by atoms with E-state index in [0.717, 1.165) is 29.2 Å². The molecule has 0 saturated heterocycles. The van der Waals surface area contributed by atoms with Gasteiger partial charge in [-0.2, -0.15) is 5.10 Å². The Morgan fingerprint density at radius 3 is 2.75 bits per heavy atom. The lowest BCUT2D eigenvalue weighted by molar-refractivity contribution is 0.332. The van der Waals surface area contributed by atoms with Crippen molar-refractivity contribution in [2.24, 2.45) is 5.84 Å². The number of hydrazine groups is 1. The van der Waals surface area contributed by atoms with Crippen molar-refractivity contribution in [3.63, 3.8) is 0 Å². The molecule has 2 rings (SSSR count). The van der Waals surface area contributed by atoms with Crippen LogP contribution in [0.15, 0.2) is 30.3 Å². The first-order valence-corrected chi connectivity index (χ1v) is 6.93. The van der Waals surface area contributed by atoms with Crippen LogP contribution in [0.4, 0.5) is 0 Å². The van der Waals surface area contributed by atoms with E-state index in [4.69, 9.17) is 10.6 Å². The Bertz CT molecular complexity index is 565. The molecule has 2 aromatic rings. The molecule has 1 atom stereocenters. The summed E-state index contributed by atoms with van der Waals surface area (Å²) < 4.78 is 7.66. The lowest BCUT2D eigenvalue weighted by atomic mass is 10.0. The molecule has 0 fully saturated rings. The van der Waals surface area contributed by atoms with E-state index in [2.05, 4.69) is 23.5 Å². The average molecular weight is 274 g/mol. The summed E-state index contributed by atoms with van der Waals surface area (Å²) in [4.78, 5) is 0. The standard InChI is InChI=1S/C15H22N4O/c1-4-19-13(10-11(3)18-19)15(17-16)12-8-6-7-9-14(12)20-5-2/h6-10,15,17H,4-5,16H2,1-3H3. The maximum absolute atomic E-state index is 5.79. The van der Waals surface area contributed by atoms with E-state index in [1.54, 1.807) is 0 Å². The molecule has 0 radical (unpaired) electrons. The van der Waals surface area contributed by atoms with Crippen molar-refractivity contribution >= 4 is 0 Å². The largest absolute Gasteiger partial charge is 0.494 e. The number of aromatic nitrogens is 2. The fourth-order valence-electron chi connectivity index (χ4n) is 2.39. The molecule has 5 nitrogen and oxygen atoms in total. The monoisotopic (exact) mass is 274 g/mol. The lowest BCUT2D eigenvalue weighted by Crippen LogP contribution is -2.31. The Balaban J connectivity index is 2.46. The molecule has 0 amide bonds. The third-order valence-corrected chi connectivity index (χ3v) is 3.23. The van der Waals surface area contributed by atoms with Crippen LogP contribution in [0.3, 0.4) is 0 Å². The van der Waals surface area contributed by atoms with Gasteiger partial charge in [-0.25, -0.2) is 5.43 Å². The minimum Gasteiger partial charge on any atom is -0.494 e. The molecule has 5 heteroatoms. The second-order valence-corrected chi connectivity index (χ2v) is 4.60. The highest BCUT2D eigenvalue weighted by Crippen LogP contribution is 2.29. The van der Waals surface area contributed by atoms with E-state index >= 15 is 0 Å². The van der Waals surface area contributed by atoms with Gasteiger partial charge >= 0.3 is 0 Å². The predicted molar refractivity (Wildman–Crippen MR) is 79.4 cm³/mol. The number of aryl methyl sites for hydroxylation is 2. The Morgan fingerprint density at radius 2 is 2.10 bits per heavy atom. The summed E-state index contributed by atoms with van der Waals surface area (Å²) in [6, 6.07) is 9.85. The summed E-state index contributed by atoms with van der Waals surface area (Å²) in [5.74, 6) is 6.63. The topological polar surface area (TPSA) is 65.1 Å². The van der Waals surface area contributed by atoms with Crippen LogP contribution in [0.5, 0.6) is 5.75 Å². The van der Waals surface area contributed by atoms with Gasteiger partial charge < -0.3 is 4.74 Å². The van der Waals surface area contributed by atoms with Crippen molar-refractivity contribution in [1.82, 2.24) is 15.2 Å². The van der Waals surface area contributed by atoms with Crippen LogP contribution >= 0.6 is 0 Å². The first-order chi connectivity index (χ1) is 9.71. The molecule has 0 aliphatic heterocycles. The van der Waals surface area contributed by atoms with Gasteiger partial charge in [-0.15, -0.1) is 0 Å². The van der Waals surface area contributed by atoms with Crippen molar-refractivity contribution in [1.29, 1.82) is 0 Å². The van der Waals surface area contributed by atoms with Crippen molar-refractivity contribution in [3.8, 4) is 5.75 Å². The maximum atomic E-state index is 5.79. The van der Waals surface area contributed by atoms with Crippen LogP contribution in [-0.4, -0.2) is 16.4 Å². The number of nitrogens with one attached hydrogen (secondary N) is 1. The third kappa shape index (κ3) is 2.84. The van der Waals surface area contributed by atoms with Gasteiger partial charge in [0.2, 0.25) is 0 Å². The zero-order valence-corrected chi connectivity index (χ0v) is 12.3. The normalized spacial score (nSPS) is 12.4. The molecule has 0 saturated carbocycles. The van der Waals surface area contributed by atoms with Crippen LogP contribution in [0.1, 0.15) is 36.8 Å². The number of nitrogens with zero attached hydrogens (tertiary/aromatic N) is 2. The minimum absolute atomic E-state index is 0.140. The fourth-order valence-corrected chi connectivity index (χ4v) is 2.39. The first kappa shape index (κ1) is 14.6. The summed E-state index contributed by atoms with van der Waals surface area (Å²) in [6.07, 6.45) is 0. The van der Waals surface area contributed by atoms with Crippen molar-refractivity contribution < 1.29 is 4.74 Å². The highest BCUT2D eigenvalue weighted by atomic mass is 16.5. The van der Waals surface area contributed by atoms with E-state index in [1.807, 2.05) is 42.8 Å². The molecule has 0 aliphatic rings. The van der Waals surface area contributed by atoms with Gasteiger partial charge in [-0.05, 0) is 32.9 Å². The summed E-state index contributed by atoms with van der Waals surface area (Å²) in [7, 11) is 0. The highest BCUT2D eigenvalue weighted by Gasteiger charge is 2.21. The number of benzene rings is 1. The van der Waals surface area contributed by atoms with E-state index < -0.39 is 0 Å². The van der Waals surface area contributed by atoms with Gasteiger partial charge in [0.05, 0.1) is 24.0 Å². The van der Waals surface area contributed by atoms with Gasteiger partial charge in [-0.1, -0.05) is 18.2 Å². The summed E-state index contributed by atoms with van der Waals surface area (Å²) in [5.41, 5.74) is 5.92. The van der Waals surface area contributed by atoms with E-state index in [0.29, 0.717) is 6.61 Å². The van der Waals surface area contributed by atoms with Crippen molar-refractivity contribution in [2.45, 2.75) is 33.4 Å². The molecule has 0 spiro atoms. The quantitative estimate of drug-likeness (QED) is 0.626. The molecule has 1 unspecified atom stereocenters. The molecule has 0 aliphatic carbocycles. The zero-order chi connectivity index (χ0) is 14.5. The Kier molecular flexibility index (Phi) is 4.76. The van der Waals surface area contributed by atoms with Gasteiger partial charge in [0, 0.05) is 12.1 Å². The number of nitrogens with two attached hydrogens (primary N) is 1. The zero-order valence-electron chi connectivity index (χ0n) is 12.3. The predicted octanol–water partition coefficient (Wildman–Crippen LogP) is 2.16. The van der Waals surface area contributed by atoms with E-state index in [9.17, 15) is 0 Å². The Labute approximate surface area is 119 Å². The minimum atomic E-state index is -0.140. The molecule has 0 bridgehead atoms. The van der Waals surface area contributed by atoms with Gasteiger partial charge in [-0.3, -0.25) is 10.5 Å². The van der Waals surface area contributed by atoms with Crippen LogP contribution in [0.25, 0.3) is 0 Å². The van der Waals surface area contributed by atoms with E-state index in [-0.39, 0.29) is 6.04 Å². The molecule has 3 N–H and O–H groups in total. The second-order valence-electron chi connectivity index (χ2n) is 4.60. The molecular formula is C15H22N4O. The highest BCUT2D eigenvalue weighted by molar-refractivity contribution is 5.40. The van der Waals surface area contributed by atoms with Crippen LogP contribution in [0, 0.1) is 6.92 Å². The Morgan fingerprint density at radius 1 is 1.35 bits per heavy atom. The van der Waals surface area contributed by atoms with Crippen molar-refractivity contribution in [2.75, 3.05) is 6.61 Å². The molecule has 108 valence electrons. The SMILES string of the molecule is CCOc1ccccc1C(NN)c1cc(C)nn1CC. The molecule has 1 aromatic carbocycles. The summed E-state index contributed by atoms with van der Waals surface area (Å²) >= 11 is 0. The smallest absolute Gasteiger partial charge is 0.124 e. The molecule has 1 heterocycles. The molecular weight excluding hydrogens is 252 g/mol. The number of hydrogen-bond acceptors (Lipinski definition) is 4. The summed E-state index contributed by atoms with van der Waals surface area (Å²) in [6.45, 7) is 7.45. The molecule has 20 heavy (non-hydrogen) atoms. The summed E-state index contributed by atoms with van der Waals surface area (Å²) in [5, 5.41) is 4.48. The van der Waals surface area contributed by atoms with Gasteiger partial charge in [0.15, 0.2) is 0 Å². The second kappa shape index (κ2) is 6.54. The number of ether oxygens (including phenoxy) is 1. The number of hydrogen-bond donors (Lipinski definition) is 2. The van der Waals surface area contributed by atoms with Crippen LogP contribution in [-0.2, 0) is 6.54 Å². The fraction of sp³-hybridized carbons (Fsp3) is 0.400.